The Hall–Kier alpha value is -2.30. The zero-order valence-electron chi connectivity index (χ0n) is 17.9. The van der Waals surface area contributed by atoms with Gasteiger partial charge in [-0.3, -0.25) is 0 Å². The third-order valence-corrected chi connectivity index (χ3v) is 7.68. The average molecular weight is 519 g/mol. The van der Waals surface area contributed by atoms with Crippen LogP contribution in [-0.2, 0) is 4.74 Å². The molecule has 11 heteroatoms. The second-order valence-corrected chi connectivity index (χ2v) is 10.3. The average Bonchev–Trinajstić information content (AvgIpc) is 3.40. The monoisotopic (exact) mass is 518 g/mol. The lowest BCUT2D eigenvalue weighted by molar-refractivity contribution is 0.122. The molecule has 1 aromatic carbocycles. The molecule has 4 aromatic rings. The van der Waals surface area contributed by atoms with Crippen LogP contribution in [0.25, 0.3) is 21.3 Å². The van der Waals surface area contributed by atoms with Gasteiger partial charge in [0.2, 0.25) is 5.95 Å². The molecule has 33 heavy (non-hydrogen) atoms. The molecule has 7 nitrogen and oxygen atoms in total. The van der Waals surface area contributed by atoms with Crippen molar-refractivity contribution in [2.24, 2.45) is 0 Å². The molecule has 0 saturated carbocycles. The third kappa shape index (κ3) is 4.83. The van der Waals surface area contributed by atoms with Gasteiger partial charge >= 0.3 is 0 Å². The fourth-order valence-corrected chi connectivity index (χ4v) is 6.00. The highest BCUT2D eigenvalue weighted by Crippen LogP contribution is 2.38. The molecular formula is C22H20Cl2N6OS2. The first kappa shape index (κ1) is 22.5. The van der Waals surface area contributed by atoms with E-state index >= 15 is 0 Å². The molecule has 1 aliphatic heterocycles. The first-order valence-corrected chi connectivity index (χ1v) is 12.8. The molecule has 0 aliphatic carbocycles. The van der Waals surface area contributed by atoms with Gasteiger partial charge in [0, 0.05) is 30.4 Å². The number of morpholine rings is 1. The highest BCUT2D eigenvalue weighted by Gasteiger charge is 2.19. The number of anilines is 3. The Morgan fingerprint density at radius 1 is 1.03 bits per heavy atom. The molecule has 4 heterocycles. The molecule has 1 aliphatic rings. The normalized spacial score (nSPS) is 14.0. The predicted octanol–water partition coefficient (Wildman–Crippen LogP) is 6.23. The zero-order valence-corrected chi connectivity index (χ0v) is 21.1. The first-order chi connectivity index (χ1) is 16.0. The second kappa shape index (κ2) is 9.52. The number of benzene rings is 1. The Bertz CT molecular complexity index is 1280. The topological polar surface area (TPSA) is 76.1 Å². The summed E-state index contributed by atoms with van der Waals surface area (Å²) in [5.41, 5.74) is 4.15. The molecule has 1 fully saturated rings. The van der Waals surface area contributed by atoms with Crippen molar-refractivity contribution in [3.63, 3.8) is 0 Å². The Balaban J connectivity index is 1.40. The van der Waals surface area contributed by atoms with E-state index in [-0.39, 0.29) is 0 Å². The van der Waals surface area contributed by atoms with Gasteiger partial charge in [-0.2, -0.15) is 0 Å². The van der Waals surface area contributed by atoms with E-state index in [1.54, 1.807) is 28.9 Å². The van der Waals surface area contributed by atoms with E-state index in [9.17, 15) is 0 Å². The van der Waals surface area contributed by atoms with E-state index in [1.807, 2.05) is 37.4 Å². The molecule has 3 aromatic heterocycles. The van der Waals surface area contributed by atoms with Crippen molar-refractivity contribution in [3.8, 4) is 21.3 Å². The Morgan fingerprint density at radius 2 is 1.79 bits per heavy atom. The summed E-state index contributed by atoms with van der Waals surface area (Å²) < 4.78 is 5.42. The summed E-state index contributed by atoms with van der Waals surface area (Å²) in [4.78, 5) is 21.4. The molecule has 170 valence electrons. The lowest BCUT2D eigenvalue weighted by Gasteiger charge is -2.30. The molecule has 0 spiro atoms. The van der Waals surface area contributed by atoms with Crippen molar-refractivity contribution < 1.29 is 4.74 Å². The van der Waals surface area contributed by atoms with E-state index in [0.29, 0.717) is 29.2 Å². The summed E-state index contributed by atoms with van der Waals surface area (Å²) in [6.45, 7) is 6.81. The number of hydrogen-bond acceptors (Lipinski definition) is 9. The van der Waals surface area contributed by atoms with Crippen molar-refractivity contribution in [1.82, 2.24) is 19.9 Å². The summed E-state index contributed by atoms with van der Waals surface area (Å²) in [5, 5.41) is 8.30. The molecule has 0 unspecified atom stereocenters. The largest absolute Gasteiger partial charge is 0.378 e. The first-order valence-electron chi connectivity index (χ1n) is 10.3. The summed E-state index contributed by atoms with van der Waals surface area (Å²) >= 11 is 16.4. The van der Waals surface area contributed by atoms with Gasteiger partial charge < -0.3 is 15.0 Å². The minimum atomic E-state index is 0.456. The van der Waals surface area contributed by atoms with E-state index in [4.69, 9.17) is 37.9 Å². The molecule has 0 radical (unpaired) electrons. The molecule has 1 saturated heterocycles. The summed E-state index contributed by atoms with van der Waals surface area (Å²) in [7, 11) is 0. The number of nitrogens with one attached hydrogen (secondary N) is 1. The van der Waals surface area contributed by atoms with Crippen molar-refractivity contribution in [2.45, 2.75) is 13.8 Å². The Labute approximate surface area is 209 Å². The van der Waals surface area contributed by atoms with Crippen molar-refractivity contribution in [3.05, 3.63) is 50.5 Å². The maximum Gasteiger partial charge on any atom is 0.227 e. The van der Waals surface area contributed by atoms with E-state index in [1.165, 1.54) is 0 Å². The van der Waals surface area contributed by atoms with Crippen molar-refractivity contribution in [1.29, 1.82) is 0 Å². The van der Waals surface area contributed by atoms with Gasteiger partial charge in [-0.05, 0) is 32.0 Å². The van der Waals surface area contributed by atoms with Crippen LogP contribution in [-0.4, -0.2) is 46.2 Å². The van der Waals surface area contributed by atoms with Gasteiger partial charge in [0.25, 0.3) is 0 Å². The van der Waals surface area contributed by atoms with Gasteiger partial charge in [0.05, 0.1) is 50.2 Å². The predicted molar refractivity (Wildman–Crippen MR) is 136 cm³/mol. The minimum absolute atomic E-state index is 0.456. The lowest BCUT2D eigenvalue weighted by atomic mass is 10.2. The summed E-state index contributed by atoms with van der Waals surface area (Å²) in [5.74, 6) is 0.456. The standard InChI is InChI=1S/C22H20Cl2N6OS2/c1-12-20(33-21(26-12)18-11-32-13(2)27-18)17-3-4-25-22(29-17)28-14-9-15(23)19(16(24)10-14)30-5-7-31-8-6-30/h3-4,9-11H,5-8H2,1-2H3,(H,25,28,29). The molecular weight excluding hydrogens is 499 g/mol. The van der Waals surface area contributed by atoms with Crippen molar-refractivity contribution in [2.75, 3.05) is 36.5 Å². The number of halogens is 2. The minimum Gasteiger partial charge on any atom is -0.378 e. The summed E-state index contributed by atoms with van der Waals surface area (Å²) in [6.07, 6.45) is 1.72. The van der Waals surface area contributed by atoms with Crippen LogP contribution in [0.3, 0.4) is 0 Å². The van der Waals surface area contributed by atoms with Crippen LogP contribution in [0.4, 0.5) is 17.3 Å². The van der Waals surface area contributed by atoms with Crippen LogP contribution >= 0.6 is 45.9 Å². The van der Waals surface area contributed by atoms with E-state index in [0.717, 1.165) is 56.4 Å². The van der Waals surface area contributed by atoms with Crippen LogP contribution in [0.2, 0.25) is 10.0 Å². The van der Waals surface area contributed by atoms with Gasteiger partial charge in [-0.25, -0.2) is 19.9 Å². The zero-order chi connectivity index (χ0) is 22.9. The van der Waals surface area contributed by atoms with Crippen LogP contribution < -0.4 is 10.2 Å². The number of thiazole rings is 2. The lowest BCUT2D eigenvalue weighted by Crippen LogP contribution is -2.36. The van der Waals surface area contributed by atoms with Crippen LogP contribution in [0.15, 0.2) is 29.8 Å². The van der Waals surface area contributed by atoms with Crippen LogP contribution in [0, 0.1) is 13.8 Å². The maximum absolute atomic E-state index is 6.59. The molecule has 0 bridgehead atoms. The molecule has 0 amide bonds. The Kier molecular flexibility index (Phi) is 6.49. The van der Waals surface area contributed by atoms with E-state index in [2.05, 4.69) is 20.2 Å². The van der Waals surface area contributed by atoms with Crippen LogP contribution in [0.1, 0.15) is 10.7 Å². The van der Waals surface area contributed by atoms with E-state index < -0.39 is 0 Å². The number of nitrogens with zero attached hydrogens (tertiary/aromatic N) is 5. The van der Waals surface area contributed by atoms with Gasteiger partial charge in [0.1, 0.15) is 10.7 Å². The highest BCUT2D eigenvalue weighted by atomic mass is 35.5. The van der Waals surface area contributed by atoms with Crippen molar-refractivity contribution >= 4 is 63.2 Å². The van der Waals surface area contributed by atoms with Gasteiger partial charge in [-0.1, -0.05) is 23.2 Å². The maximum atomic E-state index is 6.59. The summed E-state index contributed by atoms with van der Waals surface area (Å²) in [6, 6.07) is 5.56. The molecule has 5 rings (SSSR count). The smallest absolute Gasteiger partial charge is 0.227 e. The fourth-order valence-electron chi connectivity index (χ4n) is 3.61. The second-order valence-electron chi connectivity index (χ2n) is 7.46. The Morgan fingerprint density at radius 3 is 2.48 bits per heavy atom. The number of ether oxygens (including phenoxy) is 1. The van der Waals surface area contributed by atoms with Gasteiger partial charge in [0.15, 0.2) is 0 Å². The quantitative estimate of drug-likeness (QED) is 0.335. The number of aromatic nitrogens is 4. The third-order valence-electron chi connectivity index (χ3n) is 5.12. The van der Waals surface area contributed by atoms with Crippen LogP contribution in [0.5, 0.6) is 0 Å². The molecule has 1 N–H and O–H groups in total. The molecule has 0 atom stereocenters. The number of aryl methyl sites for hydroxylation is 2. The number of hydrogen-bond donors (Lipinski definition) is 1. The SMILES string of the molecule is Cc1nc(-c2nc(C)c(-c3ccnc(Nc4cc(Cl)c(N5CCOCC5)c(Cl)c4)n3)s2)cs1. The van der Waals surface area contributed by atoms with Gasteiger partial charge in [-0.15, -0.1) is 22.7 Å². The number of rotatable bonds is 5. The highest BCUT2D eigenvalue weighted by molar-refractivity contribution is 7.18. The fraction of sp³-hybridized carbons (Fsp3) is 0.273.